The number of hydrogen-bond acceptors (Lipinski definition) is 7. The molecule has 0 aromatic carbocycles. The van der Waals surface area contributed by atoms with Crippen LogP contribution in [0.3, 0.4) is 0 Å². The minimum Gasteiger partial charge on any atom is -0.481 e. The van der Waals surface area contributed by atoms with Gasteiger partial charge in [-0.15, -0.1) is 0 Å². The molecule has 11 nitrogen and oxygen atoms in total. The van der Waals surface area contributed by atoms with Gasteiger partial charge in [0.1, 0.15) is 18.1 Å². The summed E-state index contributed by atoms with van der Waals surface area (Å²) in [5.74, 6) is -5.49. The summed E-state index contributed by atoms with van der Waals surface area (Å²) in [6.07, 6.45) is -0.726. The number of nitrogens with one attached hydrogen (secondary N) is 2. The van der Waals surface area contributed by atoms with Gasteiger partial charge in [0.05, 0.1) is 6.42 Å². The van der Waals surface area contributed by atoms with Crippen LogP contribution in [0.2, 0.25) is 0 Å². The van der Waals surface area contributed by atoms with Crippen LogP contribution in [0, 0.1) is 0 Å². The second-order valence-electron chi connectivity index (χ2n) is 4.14. The van der Waals surface area contributed by atoms with Crippen molar-refractivity contribution in [2.75, 3.05) is 13.1 Å². The SMILES string of the molecule is N[C@@H](CN[C@@H](CN[C@H](CC(=O)O)C(=O)O)C(=O)O)C(=O)O. The normalized spacial score (nSPS) is 14.9. The fourth-order valence-electron chi connectivity index (χ4n) is 1.28. The van der Waals surface area contributed by atoms with Gasteiger partial charge >= 0.3 is 23.9 Å². The van der Waals surface area contributed by atoms with Crippen molar-refractivity contribution in [3.05, 3.63) is 0 Å². The van der Waals surface area contributed by atoms with E-state index in [4.69, 9.17) is 26.2 Å². The van der Waals surface area contributed by atoms with Crippen LogP contribution in [-0.4, -0.2) is 75.5 Å². The molecule has 0 spiro atoms. The van der Waals surface area contributed by atoms with Crippen LogP contribution in [0.5, 0.6) is 0 Å². The van der Waals surface area contributed by atoms with Crippen molar-refractivity contribution in [2.24, 2.45) is 5.73 Å². The number of nitrogens with two attached hydrogens (primary N) is 1. The zero-order valence-corrected chi connectivity index (χ0v) is 10.9. The third-order valence-corrected chi connectivity index (χ3v) is 2.44. The van der Waals surface area contributed by atoms with Crippen LogP contribution in [0.15, 0.2) is 0 Å². The summed E-state index contributed by atoms with van der Waals surface area (Å²) < 4.78 is 0. The van der Waals surface area contributed by atoms with E-state index >= 15 is 0 Å². The first-order valence-corrected chi connectivity index (χ1v) is 5.77. The van der Waals surface area contributed by atoms with Crippen molar-refractivity contribution in [2.45, 2.75) is 24.5 Å². The summed E-state index contributed by atoms with van der Waals surface area (Å²) in [7, 11) is 0. The quantitative estimate of drug-likeness (QED) is 0.204. The highest BCUT2D eigenvalue weighted by Crippen LogP contribution is 1.94. The predicted octanol–water partition coefficient (Wildman–Crippen LogP) is -3.04. The van der Waals surface area contributed by atoms with Gasteiger partial charge in [0.25, 0.3) is 0 Å². The van der Waals surface area contributed by atoms with Crippen LogP contribution >= 0.6 is 0 Å². The summed E-state index contributed by atoms with van der Waals surface area (Å²) in [5, 5.41) is 39.4. The zero-order valence-electron chi connectivity index (χ0n) is 10.9. The predicted molar refractivity (Wildman–Crippen MR) is 66.7 cm³/mol. The molecule has 0 fully saturated rings. The number of carboxylic acid groups (broad SMARTS) is 4. The van der Waals surface area contributed by atoms with Gasteiger partial charge in [-0.3, -0.25) is 19.2 Å². The Morgan fingerprint density at radius 3 is 1.67 bits per heavy atom. The Morgan fingerprint density at radius 2 is 1.29 bits per heavy atom. The van der Waals surface area contributed by atoms with Gasteiger partial charge in [0, 0.05) is 13.1 Å². The average Bonchev–Trinajstić information content (AvgIpc) is 2.35. The smallest absolute Gasteiger partial charge is 0.322 e. The molecular formula is C10H17N3O8. The lowest BCUT2D eigenvalue weighted by atomic mass is 10.2. The van der Waals surface area contributed by atoms with E-state index in [1.54, 1.807) is 0 Å². The van der Waals surface area contributed by atoms with Crippen LogP contribution in [0.1, 0.15) is 6.42 Å². The number of carbonyl (C=O) groups is 4. The summed E-state index contributed by atoms with van der Waals surface area (Å²) in [6, 6.07) is -4.09. The minimum absolute atomic E-state index is 0.343. The van der Waals surface area contributed by atoms with Crippen LogP contribution < -0.4 is 16.4 Å². The first-order valence-electron chi connectivity index (χ1n) is 5.77. The molecule has 0 aliphatic carbocycles. The Morgan fingerprint density at radius 1 is 0.810 bits per heavy atom. The van der Waals surface area contributed by atoms with Gasteiger partial charge in [-0.05, 0) is 0 Å². The average molecular weight is 307 g/mol. The van der Waals surface area contributed by atoms with Gasteiger partial charge < -0.3 is 36.8 Å². The topological polar surface area (TPSA) is 199 Å². The van der Waals surface area contributed by atoms with Gasteiger partial charge in [-0.25, -0.2) is 0 Å². The molecule has 0 aliphatic heterocycles. The molecule has 0 aliphatic rings. The van der Waals surface area contributed by atoms with Crippen molar-refractivity contribution in [1.82, 2.24) is 10.6 Å². The maximum Gasteiger partial charge on any atom is 0.322 e. The van der Waals surface area contributed by atoms with Crippen LogP contribution in [0.25, 0.3) is 0 Å². The second-order valence-corrected chi connectivity index (χ2v) is 4.14. The third kappa shape index (κ3) is 7.81. The summed E-state index contributed by atoms with van der Waals surface area (Å²) >= 11 is 0. The van der Waals surface area contributed by atoms with Gasteiger partial charge in [-0.1, -0.05) is 0 Å². The third-order valence-electron chi connectivity index (χ3n) is 2.44. The Kier molecular flexibility index (Phi) is 7.89. The minimum atomic E-state index is -1.46. The molecular weight excluding hydrogens is 290 g/mol. The van der Waals surface area contributed by atoms with E-state index in [0.717, 1.165) is 0 Å². The highest BCUT2D eigenvalue weighted by molar-refractivity contribution is 5.80. The summed E-state index contributed by atoms with van der Waals surface area (Å²) in [6.45, 7) is -0.753. The molecule has 0 aromatic rings. The molecule has 0 unspecified atom stereocenters. The number of aliphatic carboxylic acids is 4. The van der Waals surface area contributed by atoms with Gasteiger partial charge in [-0.2, -0.15) is 0 Å². The van der Waals surface area contributed by atoms with Crippen molar-refractivity contribution in [1.29, 1.82) is 0 Å². The van der Waals surface area contributed by atoms with E-state index in [9.17, 15) is 19.2 Å². The van der Waals surface area contributed by atoms with Gasteiger partial charge in [0.2, 0.25) is 0 Å². The molecule has 0 radical (unpaired) electrons. The number of carboxylic acids is 4. The highest BCUT2D eigenvalue weighted by Gasteiger charge is 2.25. The summed E-state index contributed by atoms with van der Waals surface area (Å²) in [4.78, 5) is 42.7. The monoisotopic (exact) mass is 307 g/mol. The van der Waals surface area contributed by atoms with Crippen LogP contribution in [-0.2, 0) is 19.2 Å². The van der Waals surface area contributed by atoms with Crippen molar-refractivity contribution >= 4 is 23.9 Å². The highest BCUT2D eigenvalue weighted by atomic mass is 16.4. The zero-order chi connectivity index (χ0) is 16.6. The molecule has 0 heterocycles. The van der Waals surface area contributed by atoms with Crippen molar-refractivity contribution in [3.8, 4) is 0 Å². The molecule has 21 heavy (non-hydrogen) atoms. The Bertz CT molecular complexity index is 413. The molecule has 0 amide bonds. The Labute approximate surface area is 118 Å². The Balaban J connectivity index is 4.49. The van der Waals surface area contributed by atoms with E-state index in [0.29, 0.717) is 0 Å². The molecule has 120 valence electrons. The number of hydrogen-bond donors (Lipinski definition) is 7. The number of rotatable bonds is 11. The fourth-order valence-corrected chi connectivity index (χ4v) is 1.28. The largest absolute Gasteiger partial charge is 0.481 e. The van der Waals surface area contributed by atoms with Gasteiger partial charge in [0.15, 0.2) is 0 Å². The fraction of sp³-hybridized carbons (Fsp3) is 0.600. The molecule has 0 aromatic heterocycles. The van der Waals surface area contributed by atoms with E-state index in [-0.39, 0.29) is 6.54 Å². The van der Waals surface area contributed by atoms with E-state index in [1.165, 1.54) is 0 Å². The maximum absolute atomic E-state index is 10.9. The Hall–Kier alpha value is -2.24. The van der Waals surface area contributed by atoms with E-state index in [1.807, 2.05) is 0 Å². The molecule has 0 rings (SSSR count). The summed E-state index contributed by atoms with van der Waals surface area (Å²) in [5.41, 5.74) is 5.19. The van der Waals surface area contributed by atoms with Crippen molar-refractivity contribution in [3.63, 3.8) is 0 Å². The van der Waals surface area contributed by atoms with E-state index in [2.05, 4.69) is 10.6 Å². The lowest BCUT2D eigenvalue weighted by Crippen LogP contribution is -2.53. The second kappa shape index (κ2) is 8.84. The molecule has 3 atom stereocenters. The van der Waals surface area contributed by atoms with Crippen molar-refractivity contribution < 1.29 is 39.6 Å². The lowest BCUT2D eigenvalue weighted by Gasteiger charge is -2.19. The standard InChI is InChI=1S/C10H17N3O8/c11-4(8(16)17)2-12-6(10(20)21)3-13-5(9(18)19)1-7(14)15/h4-6,12-13H,1-3,11H2,(H,14,15)(H,16,17)(H,18,19)(H,20,21)/t4-,5+,6-/m0/s1. The molecule has 11 heteroatoms. The van der Waals surface area contributed by atoms with Crippen LogP contribution in [0.4, 0.5) is 0 Å². The molecule has 0 bridgehead atoms. The lowest BCUT2D eigenvalue weighted by molar-refractivity contribution is -0.146. The maximum atomic E-state index is 10.9. The first kappa shape index (κ1) is 18.8. The molecule has 0 saturated heterocycles. The molecule has 0 saturated carbocycles. The first-order chi connectivity index (χ1) is 9.65. The molecule has 8 N–H and O–H groups in total. The van der Waals surface area contributed by atoms with E-state index < -0.39 is 55.0 Å².